The van der Waals surface area contributed by atoms with Crippen molar-refractivity contribution in [2.75, 3.05) is 7.11 Å². The van der Waals surface area contributed by atoms with E-state index in [1.807, 2.05) is 12.2 Å². The molecule has 0 unspecified atom stereocenters. The van der Waals surface area contributed by atoms with Gasteiger partial charge in [0, 0.05) is 7.11 Å². The fourth-order valence-electron chi connectivity index (χ4n) is 1.42. The Labute approximate surface area is 68.1 Å². The SMILES string of the molecule is C=CC1=C(C=C)CC(OC)C1. The molecular formula is C10H14O. The normalized spacial score (nSPS) is 19.0. The fraction of sp³-hybridized carbons (Fsp3) is 0.400. The molecule has 0 aliphatic heterocycles. The van der Waals surface area contributed by atoms with Crippen LogP contribution in [0.15, 0.2) is 36.5 Å². The Bertz CT molecular complexity index is 181. The number of hydrogen-bond donors (Lipinski definition) is 0. The van der Waals surface area contributed by atoms with Crippen molar-refractivity contribution < 1.29 is 4.74 Å². The summed E-state index contributed by atoms with van der Waals surface area (Å²) in [5.74, 6) is 0. The Morgan fingerprint density at radius 1 is 1.27 bits per heavy atom. The lowest BCUT2D eigenvalue weighted by Crippen LogP contribution is -2.04. The van der Waals surface area contributed by atoms with E-state index in [0.717, 1.165) is 12.8 Å². The summed E-state index contributed by atoms with van der Waals surface area (Å²) in [6.07, 6.45) is 6.12. The first-order chi connectivity index (χ1) is 5.31. The molecule has 1 aliphatic carbocycles. The first-order valence-corrected chi connectivity index (χ1v) is 3.81. The highest BCUT2D eigenvalue weighted by Gasteiger charge is 2.19. The van der Waals surface area contributed by atoms with Crippen molar-refractivity contribution in [2.45, 2.75) is 18.9 Å². The van der Waals surface area contributed by atoms with E-state index in [1.54, 1.807) is 7.11 Å². The molecule has 0 saturated carbocycles. The first kappa shape index (κ1) is 8.28. The highest BCUT2D eigenvalue weighted by molar-refractivity contribution is 5.36. The molecule has 0 aromatic carbocycles. The van der Waals surface area contributed by atoms with Gasteiger partial charge in [-0.1, -0.05) is 25.3 Å². The molecule has 0 aromatic rings. The van der Waals surface area contributed by atoms with Crippen LogP contribution < -0.4 is 0 Å². The third kappa shape index (κ3) is 1.60. The Hall–Kier alpha value is -0.820. The molecule has 0 aromatic heterocycles. The smallest absolute Gasteiger partial charge is 0.0652 e. The lowest BCUT2D eigenvalue weighted by Gasteiger charge is -2.05. The monoisotopic (exact) mass is 150 g/mol. The Morgan fingerprint density at radius 3 is 2.00 bits per heavy atom. The van der Waals surface area contributed by atoms with Gasteiger partial charge in [-0.05, 0) is 24.0 Å². The second kappa shape index (κ2) is 3.54. The van der Waals surface area contributed by atoms with Crippen LogP contribution in [-0.4, -0.2) is 13.2 Å². The van der Waals surface area contributed by atoms with Crippen molar-refractivity contribution >= 4 is 0 Å². The molecule has 0 atom stereocenters. The minimum atomic E-state index is 0.344. The number of hydrogen-bond acceptors (Lipinski definition) is 1. The maximum Gasteiger partial charge on any atom is 0.0652 e. The van der Waals surface area contributed by atoms with Crippen molar-refractivity contribution in [2.24, 2.45) is 0 Å². The molecule has 60 valence electrons. The zero-order chi connectivity index (χ0) is 8.27. The Balaban J connectivity index is 2.70. The summed E-state index contributed by atoms with van der Waals surface area (Å²) < 4.78 is 5.24. The summed E-state index contributed by atoms with van der Waals surface area (Å²) in [4.78, 5) is 0. The molecule has 1 heteroatoms. The number of ether oxygens (including phenoxy) is 1. The van der Waals surface area contributed by atoms with Crippen LogP contribution in [0.4, 0.5) is 0 Å². The number of rotatable bonds is 3. The van der Waals surface area contributed by atoms with E-state index >= 15 is 0 Å². The van der Waals surface area contributed by atoms with E-state index in [-0.39, 0.29) is 0 Å². The van der Waals surface area contributed by atoms with Crippen molar-refractivity contribution in [1.29, 1.82) is 0 Å². The molecule has 0 amide bonds. The van der Waals surface area contributed by atoms with Crippen LogP contribution in [0.25, 0.3) is 0 Å². The van der Waals surface area contributed by atoms with Crippen LogP contribution in [0.2, 0.25) is 0 Å². The molecule has 0 saturated heterocycles. The third-order valence-corrected chi connectivity index (χ3v) is 2.13. The van der Waals surface area contributed by atoms with Crippen LogP contribution >= 0.6 is 0 Å². The van der Waals surface area contributed by atoms with Crippen molar-refractivity contribution in [3.8, 4) is 0 Å². The van der Waals surface area contributed by atoms with E-state index in [0.29, 0.717) is 6.10 Å². The number of methoxy groups -OCH3 is 1. The van der Waals surface area contributed by atoms with Crippen LogP contribution in [-0.2, 0) is 4.74 Å². The van der Waals surface area contributed by atoms with Gasteiger partial charge in [-0.3, -0.25) is 0 Å². The summed E-state index contributed by atoms with van der Waals surface area (Å²) in [6.45, 7) is 7.50. The van der Waals surface area contributed by atoms with Gasteiger partial charge >= 0.3 is 0 Å². The van der Waals surface area contributed by atoms with Gasteiger partial charge in [0.2, 0.25) is 0 Å². The van der Waals surface area contributed by atoms with Crippen molar-refractivity contribution in [3.63, 3.8) is 0 Å². The van der Waals surface area contributed by atoms with Crippen LogP contribution in [0.1, 0.15) is 12.8 Å². The summed E-state index contributed by atoms with van der Waals surface area (Å²) in [7, 11) is 1.75. The minimum Gasteiger partial charge on any atom is -0.381 e. The highest BCUT2D eigenvalue weighted by Crippen LogP contribution is 2.29. The van der Waals surface area contributed by atoms with Crippen LogP contribution in [0.3, 0.4) is 0 Å². The first-order valence-electron chi connectivity index (χ1n) is 3.81. The van der Waals surface area contributed by atoms with Crippen molar-refractivity contribution in [3.05, 3.63) is 36.5 Å². The molecule has 1 rings (SSSR count). The van der Waals surface area contributed by atoms with E-state index < -0.39 is 0 Å². The maximum atomic E-state index is 5.24. The predicted molar refractivity (Wildman–Crippen MR) is 47.5 cm³/mol. The topological polar surface area (TPSA) is 9.23 Å². The summed E-state index contributed by atoms with van der Waals surface area (Å²) in [6, 6.07) is 0. The fourth-order valence-corrected chi connectivity index (χ4v) is 1.42. The lowest BCUT2D eigenvalue weighted by atomic mass is 10.1. The maximum absolute atomic E-state index is 5.24. The average Bonchev–Trinajstić information content (AvgIpc) is 2.46. The van der Waals surface area contributed by atoms with Crippen LogP contribution in [0, 0.1) is 0 Å². The molecule has 0 spiro atoms. The van der Waals surface area contributed by atoms with Gasteiger partial charge in [0.15, 0.2) is 0 Å². The van der Waals surface area contributed by atoms with Gasteiger partial charge < -0.3 is 4.74 Å². The lowest BCUT2D eigenvalue weighted by molar-refractivity contribution is 0.112. The molecule has 0 radical (unpaired) electrons. The van der Waals surface area contributed by atoms with Gasteiger partial charge in [-0.2, -0.15) is 0 Å². The van der Waals surface area contributed by atoms with Gasteiger partial charge in [0.05, 0.1) is 6.10 Å². The molecular weight excluding hydrogens is 136 g/mol. The Morgan fingerprint density at radius 2 is 1.73 bits per heavy atom. The van der Waals surface area contributed by atoms with Crippen LogP contribution in [0.5, 0.6) is 0 Å². The molecule has 0 N–H and O–H groups in total. The second-order valence-electron chi connectivity index (χ2n) is 2.72. The van der Waals surface area contributed by atoms with E-state index in [4.69, 9.17) is 4.74 Å². The van der Waals surface area contributed by atoms with Gasteiger partial charge in [-0.25, -0.2) is 0 Å². The largest absolute Gasteiger partial charge is 0.381 e. The molecule has 1 nitrogen and oxygen atoms in total. The third-order valence-electron chi connectivity index (χ3n) is 2.13. The Kier molecular flexibility index (Phi) is 2.66. The van der Waals surface area contributed by atoms with E-state index in [9.17, 15) is 0 Å². The highest BCUT2D eigenvalue weighted by atomic mass is 16.5. The van der Waals surface area contributed by atoms with Gasteiger partial charge in [-0.15, -0.1) is 0 Å². The van der Waals surface area contributed by atoms with Gasteiger partial charge in [0.1, 0.15) is 0 Å². The zero-order valence-corrected chi connectivity index (χ0v) is 6.97. The van der Waals surface area contributed by atoms with E-state index in [1.165, 1.54) is 11.1 Å². The molecule has 11 heavy (non-hydrogen) atoms. The molecule has 0 heterocycles. The quantitative estimate of drug-likeness (QED) is 0.600. The van der Waals surface area contributed by atoms with Crippen molar-refractivity contribution in [1.82, 2.24) is 0 Å². The van der Waals surface area contributed by atoms with E-state index in [2.05, 4.69) is 13.2 Å². The molecule has 0 fully saturated rings. The standard InChI is InChI=1S/C10H14O/c1-4-8-6-10(11-3)7-9(8)5-2/h4-5,10H,1-2,6-7H2,3H3. The summed E-state index contributed by atoms with van der Waals surface area (Å²) in [5, 5.41) is 0. The minimum absolute atomic E-state index is 0.344. The summed E-state index contributed by atoms with van der Waals surface area (Å²) in [5.41, 5.74) is 2.57. The second-order valence-corrected chi connectivity index (χ2v) is 2.72. The van der Waals surface area contributed by atoms with Gasteiger partial charge in [0.25, 0.3) is 0 Å². The summed E-state index contributed by atoms with van der Waals surface area (Å²) >= 11 is 0. The average molecular weight is 150 g/mol. The number of allylic oxidation sites excluding steroid dienone is 2. The predicted octanol–water partition coefficient (Wildman–Crippen LogP) is 2.46. The zero-order valence-electron chi connectivity index (χ0n) is 6.97. The molecule has 1 aliphatic rings. The molecule has 0 bridgehead atoms.